The molecule has 1 aliphatic rings. The van der Waals surface area contributed by atoms with Crippen LogP contribution in [0.1, 0.15) is 37.7 Å². The molecule has 3 atom stereocenters. The summed E-state index contributed by atoms with van der Waals surface area (Å²) in [5, 5.41) is 10.3. The number of aromatic nitrogens is 1. The number of aliphatic hydroxyl groups excluding tert-OH is 1. The zero-order chi connectivity index (χ0) is 17.7. The van der Waals surface area contributed by atoms with Gasteiger partial charge in [0.15, 0.2) is 0 Å². The first-order valence-electron chi connectivity index (χ1n) is 8.28. The van der Waals surface area contributed by atoms with E-state index in [0.717, 1.165) is 5.56 Å². The van der Waals surface area contributed by atoms with Crippen LogP contribution in [-0.2, 0) is 11.2 Å². The summed E-state index contributed by atoms with van der Waals surface area (Å²) in [6.07, 6.45) is 2.92. The smallest absolute Gasteiger partial charge is 0.248 e. The Labute approximate surface area is 140 Å². The van der Waals surface area contributed by atoms with Crippen LogP contribution in [0.2, 0.25) is 0 Å². The van der Waals surface area contributed by atoms with Gasteiger partial charge >= 0.3 is 0 Å². The van der Waals surface area contributed by atoms with Crippen molar-refractivity contribution in [2.24, 2.45) is 23.3 Å². The number of nitrogens with two attached hydrogens (primary N) is 2. The average molecular weight is 341 g/mol. The second-order valence-electron chi connectivity index (χ2n) is 6.73. The van der Waals surface area contributed by atoms with Crippen LogP contribution in [0.3, 0.4) is 0 Å². The molecule has 1 saturated carbocycles. The number of aliphatic hydroxyl groups is 1. The Balaban J connectivity index is 1.93. The van der Waals surface area contributed by atoms with Crippen LogP contribution < -0.4 is 11.5 Å². The quantitative estimate of drug-likeness (QED) is 0.701. The van der Waals surface area contributed by atoms with Crippen molar-refractivity contribution in [1.29, 1.82) is 0 Å². The van der Waals surface area contributed by atoms with Crippen LogP contribution in [-0.4, -0.2) is 34.1 Å². The van der Waals surface area contributed by atoms with Crippen LogP contribution in [0.5, 0.6) is 0 Å². The van der Waals surface area contributed by atoms with Gasteiger partial charge in [0.1, 0.15) is 0 Å². The lowest BCUT2D eigenvalue weighted by Crippen LogP contribution is -2.43. The van der Waals surface area contributed by atoms with Crippen LogP contribution in [0, 0.1) is 11.8 Å². The fraction of sp³-hybridized carbons (Fsp3) is 0.647. The van der Waals surface area contributed by atoms with E-state index in [4.69, 9.17) is 11.5 Å². The van der Waals surface area contributed by atoms with Gasteiger partial charge in [-0.3, -0.25) is 9.78 Å². The first-order chi connectivity index (χ1) is 11.3. The number of alkyl halides is 2. The Hall–Kier alpha value is -1.60. The Morgan fingerprint density at radius 3 is 2.62 bits per heavy atom. The van der Waals surface area contributed by atoms with Crippen molar-refractivity contribution >= 4 is 5.91 Å². The SMILES string of the molecule is NC(=O)C(CC(O)C(N)Cc1cccnc1)C1CCC(F)(F)CC1. The van der Waals surface area contributed by atoms with Gasteiger partial charge in [0.05, 0.1) is 6.10 Å². The van der Waals surface area contributed by atoms with E-state index >= 15 is 0 Å². The molecule has 5 N–H and O–H groups in total. The standard InChI is InChI=1S/C17H25F2N3O2/c18-17(19)5-3-12(4-6-17)13(16(21)24)9-15(23)14(20)8-11-2-1-7-22-10-11/h1-2,7,10,12-15,23H,3-6,8-9,20H2,(H2,21,24). The largest absolute Gasteiger partial charge is 0.391 e. The summed E-state index contributed by atoms with van der Waals surface area (Å²) in [4.78, 5) is 15.7. The van der Waals surface area contributed by atoms with Crippen molar-refractivity contribution in [2.75, 3.05) is 0 Å². The van der Waals surface area contributed by atoms with Crippen LogP contribution in [0.4, 0.5) is 8.78 Å². The second-order valence-corrected chi connectivity index (χ2v) is 6.73. The van der Waals surface area contributed by atoms with Crippen LogP contribution in [0.15, 0.2) is 24.5 Å². The third-order valence-corrected chi connectivity index (χ3v) is 4.88. The predicted molar refractivity (Wildman–Crippen MR) is 86.1 cm³/mol. The van der Waals surface area contributed by atoms with Crippen molar-refractivity contribution in [3.63, 3.8) is 0 Å². The topological polar surface area (TPSA) is 102 Å². The number of rotatable bonds is 7. The summed E-state index contributed by atoms with van der Waals surface area (Å²) in [5.74, 6) is -4.06. The first kappa shape index (κ1) is 18.7. The van der Waals surface area contributed by atoms with Gasteiger partial charge < -0.3 is 16.6 Å². The highest BCUT2D eigenvalue weighted by Crippen LogP contribution is 2.40. The molecule has 3 unspecified atom stereocenters. The molecule has 5 nitrogen and oxygen atoms in total. The summed E-state index contributed by atoms with van der Waals surface area (Å²) >= 11 is 0. The minimum atomic E-state index is -2.66. The number of carbonyl (C=O) groups is 1. The molecule has 1 heterocycles. The number of amides is 1. The normalized spacial score (nSPS) is 21.8. The van der Waals surface area contributed by atoms with E-state index in [0.29, 0.717) is 6.42 Å². The lowest BCUT2D eigenvalue weighted by Gasteiger charge is -2.34. The molecule has 1 fully saturated rings. The van der Waals surface area contributed by atoms with Gasteiger partial charge in [0.2, 0.25) is 11.8 Å². The maximum absolute atomic E-state index is 13.3. The van der Waals surface area contributed by atoms with E-state index < -0.39 is 29.9 Å². The lowest BCUT2D eigenvalue weighted by molar-refractivity contribution is -0.127. The van der Waals surface area contributed by atoms with Gasteiger partial charge in [0, 0.05) is 37.2 Å². The van der Waals surface area contributed by atoms with E-state index in [-0.39, 0.29) is 38.0 Å². The molecule has 0 aliphatic heterocycles. The predicted octanol–water partition coefficient (Wildman–Crippen LogP) is 1.63. The van der Waals surface area contributed by atoms with E-state index in [1.54, 1.807) is 18.5 Å². The Bertz CT molecular complexity index is 532. The lowest BCUT2D eigenvalue weighted by atomic mass is 9.75. The van der Waals surface area contributed by atoms with Gasteiger partial charge in [0.25, 0.3) is 0 Å². The minimum absolute atomic E-state index is 0.104. The number of pyridine rings is 1. The number of halogens is 2. The second kappa shape index (κ2) is 7.98. The summed E-state index contributed by atoms with van der Waals surface area (Å²) in [6.45, 7) is 0. The fourth-order valence-corrected chi connectivity index (χ4v) is 3.37. The summed E-state index contributed by atoms with van der Waals surface area (Å²) in [7, 11) is 0. The average Bonchev–Trinajstić information content (AvgIpc) is 2.53. The number of hydrogen-bond acceptors (Lipinski definition) is 4. The van der Waals surface area contributed by atoms with Crippen LogP contribution >= 0.6 is 0 Å². The molecule has 1 amide bonds. The molecule has 0 saturated heterocycles. The van der Waals surface area contributed by atoms with Crippen molar-refractivity contribution in [3.8, 4) is 0 Å². The molecule has 1 aliphatic carbocycles. The molecule has 7 heteroatoms. The molecular formula is C17H25F2N3O2. The minimum Gasteiger partial charge on any atom is -0.391 e. The van der Waals surface area contributed by atoms with E-state index in [2.05, 4.69) is 4.98 Å². The first-order valence-corrected chi connectivity index (χ1v) is 8.28. The van der Waals surface area contributed by atoms with Gasteiger partial charge in [-0.1, -0.05) is 6.07 Å². The van der Waals surface area contributed by atoms with Gasteiger partial charge in [-0.15, -0.1) is 0 Å². The monoisotopic (exact) mass is 341 g/mol. The van der Waals surface area contributed by atoms with Gasteiger partial charge in [-0.2, -0.15) is 0 Å². The zero-order valence-corrected chi connectivity index (χ0v) is 13.6. The highest BCUT2D eigenvalue weighted by Gasteiger charge is 2.40. The van der Waals surface area contributed by atoms with Gasteiger partial charge in [-0.25, -0.2) is 8.78 Å². The molecule has 1 aromatic rings. The Morgan fingerprint density at radius 1 is 1.42 bits per heavy atom. The van der Waals surface area contributed by atoms with Crippen molar-refractivity contribution in [1.82, 2.24) is 4.98 Å². The van der Waals surface area contributed by atoms with E-state index in [9.17, 15) is 18.7 Å². The zero-order valence-electron chi connectivity index (χ0n) is 13.6. The summed E-state index contributed by atoms with van der Waals surface area (Å²) in [5.41, 5.74) is 12.4. The molecule has 1 aromatic heterocycles. The van der Waals surface area contributed by atoms with E-state index in [1.165, 1.54) is 0 Å². The highest BCUT2D eigenvalue weighted by atomic mass is 19.3. The number of carbonyl (C=O) groups excluding carboxylic acids is 1. The fourth-order valence-electron chi connectivity index (χ4n) is 3.37. The third kappa shape index (κ3) is 5.21. The summed E-state index contributed by atoms with van der Waals surface area (Å²) in [6, 6.07) is 3.07. The Morgan fingerprint density at radius 2 is 2.08 bits per heavy atom. The van der Waals surface area contributed by atoms with Gasteiger partial charge in [-0.05, 0) is 43.2 Å². The van der Waals surface area contributed by atoms with Crippen LogP contribution in [0.25, 0.3) is 0 Å². The molecular weight excluding hydrogens is 316 g/mol. The molecule has 0 aromatic carbocycles. The third-order valence-electron chi connectivity index (χ3n) is 4.88. The number of hydrogen-bond donors (Lipinski definition) is 3. The molecule has 0 bridgehead atoms. The molecule has 24 heavy (non-hydrogen) atoms. The Kier molecular flexibility index (Phi) is 6.23. The molecule has 0 radical (unpaired) electrons. The molecule has 0 spiro atoms. The number of primary amides is 1. The van der Waals surface area contributed by atoms with E-state index in [1.807, 2.05) is 6.07 Å². The molecule has 134 valence electrons. The van der Waals surface area contributed by atoms with Crippen molar-refractivity contribution < 1.29 is 18.7 Å². The maximum Gasteiger partial charge on any atom is 0.248 e. The molecule has 2 rings (SSSR count). The highest BCUT2D eigenvalue weighted by molar-refractivity contribution is 5.77. The maximum atomic E-state index is 13.3. The summed E-state index contributed by atoms with van der Waals surface area (Å²) < 4.78 is 26.6. The number of nitrogens with zero attached hydrogens (tertiary/aromatic N) is 1. The van der Waals surface area contributed by atoms with Crippen molar-refractivity contribution in [2.45, 2.75) is 56.6 Å². The van der Waals surface area contributed by atoms with Crippen molar-refractivity contribution in [3.05, 3.63) is 30.1 Å².